The Hall–Kier alpha value is -2.92. The first-order valence-corrected chi connectivity index (χ1v) is 10.1. The second kappa shape index (κ2) is 6.06. The van der Waals surface area contributed by atoms with Crippen LogP contribution < -0.4 is 4.31 Å². The van der Waals surface area contributed by atoms with Crippen molar-refractivity contribution >= 4 is 21.5 Å². The van der Waals surface area contributed by atoms with Gasteiger partial charge in [-0.3, -0.25) is 4.79 Å². The fourth-order valence-electron chi connectivity index (χ4n) is 3.63. The molecule has 0 radical (unpaired) electrons. The number of carbonyl (C=O) groups is 1. The standard InChI is InChI=1S/C22H19NO3S/c1-16-12-14-18(15-13-16)27(25,26)23-20-11-7-6-10-19(20)21(24)22(23,2)17-8-4-3-5-9-17/h3-15H,1-2H3. The van der Waals surface area contributed by atoms with Gasteiger partial charge in [-0.05, 0) is 43.7 Å². The van der Waals surface area contributed by atoms with Crippen LogP contribution in [-0.4, -0.2) is 14.2 Å². The Morgan fingerprint density at radius 1 is 0.815 bits per heavy atom. The molecule has 3 aromatic carbocycles. The van der Waals surface area contributed by atoms with Gasteiger partial charge in [0.05, 0.1) is 10.6 Å². The zero-order chi connectivity index (χ0) is 19.2. The number of nitrogens with zero attached hydrogens (tertiary/aromatic N) is 1. The van der Waals surface area contributed by atoms with Crippen molar-refractivity contribution in [1.29, 1.82) is 0 Å². The van der Waals surface area contributed by atoms with E-state index in [1.165, 1.54) is 4.31 Å². The van der Waals surface area contributed by atoms with Crippen LogP contribution in [0.1, 0.15) is 28.4 Å². The number of hydrogen-bond donors (Lipinski definition) is 0. The van der Waals surface area contributed by atoms with Gasteiger partial charge in [-0.2, -0.15) is 0 Å². The number of benzene rings is 3. The van der Waals surface area contributed by atoms with Crippen molar-refractivity contribution in [3.63, 3.8) is 0 Å². The fraction of sp³-hybridized carbons (Fsp3) is 0.136. The van der Waals surface area contributed by atoms with Crippen LogP contribution in [0.3, 0.4) is 0 Å². The monoisotopic (exact) mass is 377 g/mol. The fourth-order valence-corrected chi connectivity index (χ4v) is 5.41. The lowest BCUT2D eigenvalue weighted by Gasteiger charge is -2.35. The molecule has 0 N–H and O–H groups in total. The van der Waals surface area contributed by atoms with Crippen molar-refractivity contribution in [1.82, 2.24) is 0 Å². The summed E-state index contributed by atoms with van der Waals surface area (Å²) in [6.45, 7) is 3.58. The molecule has 1 atom stereocenters. The predicted octanol–water partition coefficient (Wildman–Crippen LogP) is 4.30. The number of aryl methyl sites for hydroxylation is 1. The number of para-hydroxylation sites is 1. The zero-order valence-corrected chi connectivity index (χ0v) is 15.9. The Balaban J connectivity index is 2.00. The largest absolute Gasteiger partial charge is 0.291 e. The Kier molecular flexibility index (Phi) is 3.93. The van der Waals surface area contributed by atoms with E-state index in [0.29, 0.717) is 16.8 Å². The van der Waals surface area contributed by atoms with E-state index in [1.54, 1.807) is 67.6 Å². The quantitative estimate of drug-likeness (QED) is 0.684. The van der Waals surface area contributed by atoms with Gasteiger partial charge in [-0.1, -0.05) is 60.2 Å². The molecule has 27 heavy (non-hydrogen) atoms. The van der Waals surface area contributed by atoms with E-state index in [4.69, 9.17) is 0 Å². The number of carbonyl (C=O) groups excluding carboxylic acids is 1. The summed E-state index contributed by atoms with van der Waals surface area (Å²) < 4.78 is 28.5. The number of sulfonamides is 1. The molecule has 1 aliphatic rings. The molecule has 4 nitrogen and oxygen atoms in total. The topological polar surface area (TPSA) is 54.5 Å². The smallest absolute Gasteiger partial charge is 0.265 e. The third kappa shape index (κ3) is 2.50. The minimum atomic E-state index is -3.95. The molecule has 0 amide bonds. The maximum atomic E-state index is 13.6. The van der Waals surface area contributed by atoms with Gasteiger partial charge in [0.25, 0.3) is 10.0 Å². The molecular weight excluding hydrogens is 358 g/mol. The molecule has 0 spiro atoms. The second-order valence-corrected chi connectivity index (χ2v) is 8.65. The van der Waals surface area contributed by atoms with Gasteiger partial charge in [0.15, 0.2) is 5.78 Å². The molecule has 136 valence electrons. The number of ketones is 1. The van der Waals surface area contributed by atoms with Crippen LogP contribution in [0.25, 0.3) is 0 Å². The third-order valence-corrected chi connectivity index (χ3v) is 7.02. The van der Waals surface area contributed by atoms with Gasteiger partial charge >= 0.3 is 0 Å². The Bertz CT molecular complexity index is 1120. The average molecular weight is 377 g/mol. The molecular formula is C22H19NO3S. The van der Waals surface area contributed by atoms with E-state index < -0.39 is 15.6 Å². The van der Waals surface area contributed by atoms with Gasteiger partial charge in [0.1, 0.15) is 5.54 Å². The normalized spacial score (nSPS) is 19.2. The van der Waals surface area contributed by atoms with Gasteiger partial charge in [0.2, 0.25) is 0 Å². The van der Waals surface area contributed by atoms with E-state index in [2.05, 4.69) is 0 Å². The first-order chi connectivity index (χ1) is 12.9. The van der Waals surface area contributed by atoms with Gasteiger partial charge < -0.3 is 0 Å². The van der Waals surface area contributed by atoms with E-state index in [9.17, 15) is 13.2 Å². The summed E-state index contributed by atoms with van der Waals surface area (Å²) in [7, 11) is -3.95. The van der Waals surface area contributed by atoms with E-state index in [0.717, 1.165) is 5.56 Å². The predicted molar refractivity (Wildman–Crippen MR) is 105 cm³/mol. The van der Waals surface area contributed by atoms with Crippen LogP contribution in [0.2, 0.25) is 0 Å². The minimum absolute atomic E-state index is 0.166. The molecule has 0 saturated heterocycles. The third-order valence-electron chi connectivity index (χ3n) is 5.11. The van der Waals surface area contributed by atoms with Gasteiger partial charge in [0, 0.05) is 5.56 Å². The highest BCUT2D eigenvalue weighted by Gasteiger charge is 2.54. The lowest BCUT2D eigenvalue weighted by atomic mass is 9.88. The van der Waals surface area contributed by atoms with Crippen molar-refractivity contribution < 1.29 is 13.2 Å². The maximum Gasteiger partial charge on any atom is 0.265 e. The molecule has 0 aliphatic carbocycles. The molecule has 5 heteroatoms. The lowest BCUT2D eigenvalue weighted by molar-refractivity contribution is 0.0919. The van der Waals surface area contributed by atoms with Gasteiger partial charge in [-0.15, -0.1) is 0 Å². The molecule has 4 rings (SSSR count). The Morgan fingerprint density at radius 3 is 2.07 bits per heavy atom. The minimum Gasteiger partial charge on any atom is -0.291 e. The van der Waals surface area contributed by atoms with Gasteiger partial charge in [-0.25, -0.2) is 12.7 Å². The second-order valence-electron chi connectivity index (χ2n) is 6.87. The lowest BCUT2D eigenvalue weighted by Crippen LogP contribution is -2.48. The molecule has 0 saturated carbocycles. The Labute approximate surface area is 159 Å². The molecule has 1 aliphatic heterocycles. The van der Waals surface area contributed by atoms with Crippen molar-refractivity contribution in [3.8, 4) is 0 Å². The van der Waals surface area contributed by atoms with Crippen molar-refractivity contribution in [2.24, 2.45) is 0 Å². The highest BCUT2D eigenvalue weighted by Crippen LogP contribution is 2.47. The number of rotatable bonds is 3. The first-order valence-electron chi connectivity index (χ1n) is 8.68. The molecule has 1 heterocycles. The van der Waals surface area contributed by atoms with Crippen molar-refractivity contribution in [2.45, 2.75) is 24.3 Å². The summed E-state index contributed by atoms with van der Waals surface area (Å²) in [5.41, 5.74) is 1.10. The molecule has 3 aromatic rings. The van der Waals surface area contributed by atoms with Crippen molar-refractivity contribution in [2.75, 3.05) is 4.31 Å². The van der Waals surface area contributed by atoms with E-state index >= 15 is 0 Å². The summed E-state index contributed by atoms with van der Waals surface area (Å²) in [4.78, 5) is 13.5. The summed E-state index contributed by atoms with van der Waals surface area (Å²) in [6, 6.07) is 22.6. The highest BCUT2D eigenvalue weighted by atomic mass is 32.2. The maximum absolute atomic E-state index is 13.6. The summed E-state index contributed by atoms with van der Waals surface area (Å²) in [5, 5.41) is 0. The molecule has 0 bridgehead atoms. The SMILES string of the molecule is Cc1ccc(S(=O)(=O)N2c3ccccc3C(=O)C2(C)c2ccccc2)cc1. The van der Waals surface area contributed by atoms with Crippen LogP contribution in [0, 0.1) is 6.92 Å². The number of fused-ring (bicyclic) bond motifs is 1. The summed E-state index contributed by atoms with van der Waals surface area (Å²) >= 11 is 0. The zero-order valence-electron chi connectivity index (χ0n) is 15.1. The number of Topliss-reactive ketones (excluding diaryl/α,β-unsaturated/α-hetero) is 1. The molecule has 0 fully saturated rings. The Morgan fingerprint density at radius 2 is 1.41 bits per heavy atom. The van der Waals surface area contributed by atoms with Crippen LogP contribution in [0.15, 0.2) is 83.8 Å². The van der Waals surface area contributed by atoms with Crippen LogP contribution in [-0.2, 0) is 15.6 Å². The first kappa shape index (κ1) is 17.5. The highest BCUT2D eigenvalue weighted by molar-refractivity contribution is 7.93. The molecule has 1 unspecified atom stereocenters. The summed E-state index contributed by atoms with van der Waals surface area (Å²) in [5.74, 6) is -0.222. The van der Waals surface area contributed by atoms with Crippen LogP contribution >= 0.6 is 0 Å². The van der Waals surface area contributed by atoms with Crippen LogP contribution in [0.5, 0.6) is 0 Å². The van der Waals surface area contributed by atoms with E-state index in [-0.39, 0.29) is 10.7 Å². The van der Waals surface area contributed by atoms with Crippen molar-refractivity contribution in [3.05, 3.63) is 95.6 Å². The number of hydrogen-bond acceptors (Lipinski definition) is 3. The van der Waals surface area contributed by atoms with E-state index in [1.807, 2.05) is 25.1 Å². The molecule has 0 aromatic heterocycles. The van der Waals surface area contributed by atoms with Crippen LogP contribution in [0.4, 0.5) is 5.69 Å². The number of anilines is 1. The summed E-state index contributed by atoms with van der Waals surface area (Å²) in [6.07, 6.45) is 0. The average Bonchev–Trinajstić information content (AvgIpc) is 2.92.